The van der Waals surface area contributed by atoms with E-state index < -0.39 is 0 Å². The van der Waals surface area contributed by atoms with Gasteiger partial charge in [-0.25, -0.2) is 15.0 Å². The first-order valence-corrected chi connectivity index (χ1v) is 5.75. The zero-order valence-corrected chi connectivity index (χ0v) is 9.13. The second-order valence-electron chi connectivity index (χ2n) is 3.07. The molecule has 80 valence electrons. The third-order valence-electron chi connectivity index (χ3n) is 1.97. The Morgan fingerprint density at radius 1 is 1.07 bits per heavy atom. The molecule has 15 heavy (non-hydrogen) atoms. The smallest absolute Gasteiger partial charge is 0.146 e. The van der Waals surface area contributed by atoms with E-state index in [-0.39, 0.29) is 0 Å². The molecule has 0 radical (unpaired) electrons. The summed E-state index contributed by atoms with van der Waals surface area (Å²) in [6, 6.07) is 0. The summed E-state index contributed by atoms with van der Waals surface area (Å²) in [4.78, 5) is 12.8. The molecule has 1 aliphatic heterocycles. The lowest BCUT2D eigenvalue weighted by Crippen LogP contribution is -2.39. The highest BCUT2D eigenvalue weighted by atomic mass is 32.1. The second-order valence-corrected chi connectivity index (χ2v) is 3.90. The number of nitrogens with zero attached hydrogens (tertiary/aromatic N) is 3. The van der Waals surface area contributed by atoms with Crippen molar-refractivity contribution in [2.75, 3.05) is 26.2 Å². The fraction of sp³-hybridized carbons (Fsp3) is 0.444. The second kappa shape index (κ2) is 5.69. The van der Waals surface area contributed by atoms with Gasteiger partial charge in [0.05, 0.1) is 11.7 Å². The summed E-state index contributed by atoms with van der Waals surface area (Å²) in [6.45, 7) is 4.56. The predicted molar refractivity (Wildman–Crippen MR) is 60.9 cm³/mol. The fourth-order valence-electron chi connectivity index (χ4n) is 1.23. The molecular weight excluding hydrogens is 210 g/mol. The Labute approximate surface area is 92.0 Å². The normalized spacial score (nSPS) is 15.7. The van der Waals surface area contributed by atoms with Gasteiger partial charge in [-0.2, -0.15) is 0 Å². The van der Waals surface area contributed by atoms with Crippen LogP contribution in [-0.4, -0.2) is 41.1 Å². The first kappa shape index (κ1) is 10.4. The third-order valence-corrected chi connectivity index (χ3v) is 2.72. The van der Waals surface area contributed by atoms with Crippen molar-refractivity contribution < 1.29 is 0 Å². The van der Waals surface area contributed by atoms with Gasteiger partial charge in [-0.1, -0.05) is 0 Å². The van der Waals surface area contributed by atoms with E-state index in [1.54, 1.807) is 11.7 Å². The standard InChI is InChI=1S/C5H3N3S.C4H10N2/c1-4-5(7-2-6-1)9-3-8-4;1-2-6-4-3-5-1/h1-3H;5-6H,1-4H2. The van der Waals surface area contributed by atoms with Crippen LogP contribution >= 0.6 is 11.3 Å². The van der Waals surface area contributed by atoms with Crippen molar-refractivity contribution in [2.24, 2.45) is 0 Å². The summed E-state index contributed by atoms with van der Waals surface area (Å²) in [6.07, 6.45) is 3.24. The Hall–Kier alpha value is -1.11. The van der Waals surface area contributed by atoms with Crippen LogP contribution in [0.3, 0.4) is 0 Å². The quantitative estimate of drug-likeness (QED) is 0.671. The van der Waals surface area contributed by atoms with Crippen molar-refractivity contribution >= 4 is 21.7 Å². The van der Waals surface area contributed by atoms with Crippen LogP contribution < -0.4 is 10.6 Å². The Balaban J connectivity index is 0.000000124. The van der Waals surface area contributed by atoms with Gasteiger partial charge in [-0.15, -0.1) is 11.3 Å². The summed E-state index contributed by atoms with van der Waals surface area (Å²) >= 11 is 1.53. The average molecular weight is 223 g/mol. The van der Waals surface area contributed by atoms with E-state index in [0.29, 0.717) is 0 Å². The number of aromatic nitrogens is 3. The van der Waals surface area contributed by atoms with E-state index in [1.165, 1.54) is 17.7 Å². The van der Waals surface area contributed by atoms with Crippen LogP contribution in [0.15, 0.2) is 18.0 Å². The van der Waals surface area contributed by atoms with E-state index in [4.69, 9.17) is 0 Å². The molecule has 0 spiro atoms. The number of hydrogen-bond donors (Lipinski definition) is 2. The molecule has 2 aromatic rings. The number of fused-ring (bicyclic) bond motifs is 1. The molecule has 0 atom stereocenters. The summed E-state index contributed by atoms with van der Waals surface area (Å²) in [7, 11) is 0. The zero-order valence-electron chi connectivity index (χ0n) is 8.31. The minimum atomic E-state index is 0.877. The van der Waals surface area contributed by atoms with Crippen molar-refractivity contribution in [1.82, 2.24) is 25.6 Å². The van der Waals surface area contributed by atoms with Crippen LogP contribution in [0.4, 0.5) is 0 Å². The van der Waals surface area contributed by atoms with Gasteiger partial charge in [-0.3, -0.25) is 0 Å². The van der Waals surface area contributed by atoms with Crippen LogP contribution in [0, 0.1) is 0 Å². The van der Waals surface area contributed by atoms with Gasteiger partial charge in [0, 0.05) is 26.2 Å². The lowest BCUT2D eigenvalue weighted by molar-refractivity contribution is 0.534. The Morgan fingerprint density at radius 3 is 2.40 bits per heavy atom. The number of thiazole rings is 1. The zero-order chi connectivity index (χ0) is 10.3. The van der Waals surface area contributed by atoms with Gasteiger partial charge in [-0.05, 0) is 0 Å². The number of nitrogens with one attached hydrogen (secondary N) is 2. The lowest BCUT2D eigenvalue weighted by atomic mass is 10.4. The molecule has 0 bridgehead atoms. The maximum absolute atomic E-state index is 4.01. The fourth-order valence-corrected chi connectivity index (χ4v) is 1.83. The van der Waals surface area contributed by atoms with Gasteiger partial charge in [0.15, 0.2) is 0 Å². The highest BCUT2D eigenvalue weighted by molar-refractivity contribution is 7.16. The SMILES string of the molecule is C1CNCCN1.c1ncc2ncsc2n1. The highest BCUT2D eigenvalue weighted by Crippen LogP contribution is 2.10. The Morgan fingerprint density at radius 2 is 1.80 bits per heavy atom. The van der Waals surface area contributed by atoms with Gasteiger partial charge in [0.2, 0.25) is 0 Å². The predicted octanol–water partition coefficient (Wildman–Crippen LogP) is 0.266. The summed E-state index contributed by atoms with van der Waals surface area (Å²) in [5.74, 6) is 0. The molecule has 2 aromatic heterocycles. The number of piperazine rings is 1. The molecule has 0 saturated carbocycles. The van der Waals surface area contributed by atoms with Crippen molar-refractivity contribution in [2.45, 2.75) is 0 Å². The lowest BCUT2D eigenvalue weighted by Gasteiger charge is -2.11. The number of rotatable bonds is 0. The molecule has 0 unspecified atom stereocenters. The van der Waals surface area contributed by atoms with Crippen molar-refractivity contribution in [3.63, 3.8) is 0 Å². The van der Waals surface area contributed by atoms with Crippen LogP contribution in [0.25, 0.3) is 10.3 Å². The monoisotopic (exact) mass is 223 g/mol. The molecular formula is C9H13N5S. The van der Waals surface area contributed by atoms with Crippen molar-refractivity contribution in [3.05, 3.63) is 18.0 Å². The first-order valence-electron chi connectivity index (χ1n) is 4.87. The molecule has 6 heteroatoms. The third kappa shape index (κ3) is 3.19. The van der Waals surface area contributed by atoms with E-state index in [0.717, 1.165) is 36.5 Å². The highest BCUT2D eigenvalue weighted by Gasteiger charge is 1.92. The summed E-state index contributed by atoms with van der Waals surface area (Å²) < 4.78 is 0. The molecule has 1 aliphatic rings. The van der Waals surface area contributed by atoms with Gasteiger partial charge in [0.25, 0.3) is 0 Å². The van der Waals surface area contributed by atoms with Gasteiger partial charge in [0.1, 0.15) is 16.7 Å². The summed E-state index contributed by atoms with van der Waals surface area (Å²) in [5, 5.41) is 6.44. The molecule has 5 nitrogen and oxygen atoms in total. The molecule has 0 aromatic carbocycles. The molecule has 1 saturated heterocycles. The molecule has 0 aliphatic carbocycles. The minimum Gasteiger partial charge on any atom is -0.314 e. The molecule has 3 rings (SSSR count). The first-order chi connectivity index (χ1) is 7.47. The van der Waals surface area contributed by atoms with E-state index in [9.17, 15) is 0 Å². The van der Waals surface area contributed by atoms with Crippen LogP contribution in [0.1, 0.15) is 0 Å². The molecule has 0 amide bonds. The Kier molecular flexibility index (Phi) is 3.95. The molecule has 2 N–H and O–H groups in total. The minimum absolute atomic E-state index is 0.877. The molecule has 3 heterocycles. The van der Waals surface area contributed by atoms with E-state index >= 15 is 0 Å². The maximum Gasteiger partial charge on any atom is 0.146 e. The van der Waals surface area contributed by atoms with Crippen LogP contribution in [-0.2, 0) is 0 Å². The Bertz CT molecular complexity index is 356. The summed E-state index contributed by atoms with van der Waals surface area (Å²) in [5.41, 5.74) is 2.64. The van der Waals surface area contributed by atoms with Crippen LogP contribution in [0.2, 0.25) is 0 Å². The van der Waals surface area contributed by atoms with Gasteiger partial charge < -0.3 is 10.6 Å². The van der Waals surface area contributed by atoms with Crippen molar-refractivity contribution in [1.29, 1.82) is 0 Å². The average Bonchev–Trinajstić information content (AvgIpc) is 2.80. The van der Waals surface area contributed by atoms with Gasteiger partial charge >= 0.3 is 0 Å². The van der Waals surface area contributed by atoms with E-state index in [2.05, 4.69) is 25.6 Å². The largest absolute Gasteiger partial charge is 0.314 e. The van der Waals surface area contributed by atoms with Crippen LogP contribution in [0.5, 0.6) is 0 Å². The molecule has 1 fully saturated rings. The topological polar surface area (TPSA) is 62.7 Å². The number of hydrogen-bond acceptors (Lipinski definition) is 6. The van der Waals surface area contributed by atoms with Crippen molar-refractivity contribution in [3.8, 4) is 0 Å². The van der Waals surface area contributed by atoms with E-state index in [1.807, 2.05) is 0 Å². The maximum atomic E-state index is 4.01.